The van der Waals surface area contributed by atoms with Crippen LogP contribution in [0.4, 0.5) is 8.78 Å². The number of aromatic nitrogens is 1. The molecule has 1 aromatic heterocycles. The van der Waals surface area contributed by atoms with Gasteiger partial charge in [0, 0.05) is 18.2 Å². The molecule has 0 bridgehead atoms. The van der Waals surface area contributed by atoms with Gasteiger partial charge in [0.05, 0.1) is 0 Å². The van der Waals surface area contributed by atoms with Crippen LogP contribution in [0.3, 0.4) is 0 Å². The topological polar surface area (TPSA) is 38.9 Å². The van der Waals surface area contributed by atoms with E-state index in [4.69, 9.17) is 5.73 Å². The van der Waals surface area contributed by atoms with Crippen LogP contribution in [0.15, 0.2) is 22.9 Å². The summed E-state index contributed by atoms with van der Waals surface area (Å²) in [5.74, 6) is -2.79. The number of hydrogen-bond donors (Lipinski definition) is 1. The van der Waals surface area contributed by atoms with Crippen molar-refractivity contribution in [1.82, 2.24) is 4.98 Å². The first kappa shape index (κ1) is 9.02. The standard InChI is InChI=1S/C8H7BrF2N2/c9-6-5(2-1-3-13-6)7(12)4-8(7,10)11/h1-3H,4,12H2. The van der Waals surface area contributed by atoms with Crippen molar-refractivity contribution < 1.29 is 8.78 Å². The summed E-state index contributed by atoms with van der Waals surface area (Å²) in [6.45, 7) is 0. The van der Waals surface area contributed by atoms with Gasteiger partial charge in [-0.3, -0.25) is 0 Å². The van der Waals surface area contributed by atoms with Gasteiger partial charge in [-0.05, 0) is 22.0 Å². The zero-order chi connectivity index (χ0) is 9.69. The predicted octanol–water partition coefficient (Wildman–Crippen LogP) is 2.04. The van der Waals surface area contributed by atoms with Gasteiger partial charge >= 0.3 is 0 Å². The van der Waals surface area contributed by atoms with Crippen molar-refractivity contribution in [2.24, 2.45) is 5.73 Å². The third-order valence-electron chi connectivity index (χ3n) is 2.27. The molecule has 1 aliphatic rings. The Balaban J connectivity index is 2.44. The Hall–Kier alpha value is -0.550. The summed E-state index contributed by atoms with van der Waals surface area (Å²) in [6.07, 6.45) is 1.22. The molecule has 1 aromatic rings. The number of pyridine rings is 1. The maximum absolute atomic E-state index is 12.9. The molecule has 0 saturated heterocycles. The van der Waals surface area contributed by atoms with Crippen molar-refractivity contribution in [3.05, 3.63) is 28.5 Å². The minimum atomic E-state index is -2.79. The number of alkyl halides is 2. The summed E-state index contributed by atoms with van der Waals surface area (Å²) in [5.41, 5.74) is 4.39. The zero-order valence-corrected chi connectivity index (χ0v) is 8.18. The molecule has 2 N–H and O–H groups in total. The molecule has 0 radical (unpaired) electrons. The van der Waals surface area contributed by atoms with Crippen molar-refractivity contribution in [3.8, 4) is 0 Å². The number of nitrogens with zero attached hydrogens (tertiary/aromatic N) is 1. The molecule has 1 heterocycles. The van der Waals surface area contributed by atoms with Gasteiger partial charge in [0.2, 0.25) is 0 Å². The zero-order valence-electron chi connectivity index (χ0n) is 6.60. The molecule has 70 valence electrons. The smallest absolute Gasteiger partial charge is 0.272 e. The molecule has 1 saturated carbocycles. The van der Waals surface area contributed by atoms with E-state index in [9.17, 15) is 8.78 Å². The van der Waals surface area contributed by atoms with Crippen LogP contribution in [0.5, 0.6) is 0 Å². The molecule has 0 aliphatic heterocycles. The summed E-state index contributed by atoms with van der Waals surface area (Å²) >= 11 is 3.10. The Morgan fingerprint density at radius 2 is 2.15 bits per heavy atom. The molecule has 1 aliphatic carbocycles. The molecule has 2 nitrogen and oxygen atoms in total. The lowest BCUT2D eigenvalue weighted by atomic mass is 10.1. The number of hydrogen-bond acceptors (Lipinski definition) is 2. The van der Waals surface area contributed by atoms with Crippen LogP contribution in [0.25, 0.3) is 0 Å². The highest BCUT2D eigenvalue weighted by Crippen LogP contribution is 2.58. The minimum absolute atomic E-state index is 0.301. The van der Waals surface area contributed by atoms with E-state index < -0.39 is 11.5 Å². The summed E-state index contributed by atoms with van der Waals surface area (Å²) in [7, 11) is 0. The highest BCUT2D eigenvalue weighted by atomic mass is 79.9. The summed E-state index contributed by atoms with van der Waals surface area (Å²) in [4.78, 5) is 3.85. The Morgan fingerprint density at radius 1 is 1.54 bits per heavy atom. The fourth-order valence-corrected chi connectivity index (χ4v) is 1.92. The SMILES string of the molecule is NC1(c2cccnc2Br)CC1(F)F. The van der Waals surface area contributed by atoms with Gasteiger partial charge in [0.1, 0.15) is 10.1 Å². The molecule has 13 heavy (non-hydrogen) atoms. The maximum atomic E-state index is 12.9. The molecule has 1 unspecified atom stereocenters. The van der Waals surface area contributed by atoms with Gasteiger partial charge in [0.15, 0.2) is 0 Å². The Morgan fingerprint density at radius 3 is 2.62 bits per heavy atom. The first-order chi connectivity index (χ1) is 5.97. The van der Waals surface area contributed by atoms with Gasteiger partial charge in [-0.25, -0.2) is 13.8 Å². The Bertz CT molecular complexity index is 356. The second kappa shape index (κ2) is 2.48. The lowest BCUT2D eigenvalue weighted by molar-refractivity contribution is 0.0888. The third kappa shape index (κ3) is 1.18. The molecule has 0 aromatic carbocycles. The van der Waals surface area contributed by atoms with Crippen LogP contribution >= 0.6 is 15.9 Å². The normalized spacial score (nSPS) is 30.2. The average Bonchev–Trinajstić information content (AvgIpc) is 2.53. The third-order valence-corrected chi connectivity index (χ3v) is 2.90. The van der Waals surface area contributed by atoms with Crippen molar-refractivity contribution in [2.45, 2.75) is 17.9 Å². The minimum Gasteiger partial charge on any atom is -0.316 e. The number of rotatable bonds is 1. The van der Waals surface area contributed by atoms with Crippen LogP contribution in [0.1, 0.15) is 12.0 Å². The van der Waals surface area contributed by atoms with E-state index in [1.807, 2.05) is 0 Å². The quantitative estimate of drug-likeness (QED) is 0.773. The van der Waals surface area contributed by atoms with E-state index >= 15 is 0 Å². The first-order valence-corrected chi connectivity index (χ1v) is 4.54. The van der Waals surface area contributed by atoms with Crippen LogP contribution in [-0.2, 0) is 5.54 Å². The van der Waals surface area contributed by atoms with Gasteiger partial charge in [0.25, 0.3) is 5.92 Å². The molecule has 0 spiro atoms. The van der Waals surface area contributed by atoms with Gasteiger partial charge in [-0.2, -0.15) is 0 Å². The average molecular weight is 249 g/mol. The molecule has 1 atom stereocenters. The molecule has 5 heteroatoms. The maximum Gasteiger partial charge on any atom is 0.272 e. The largest absolute Gasteiger partial charge is 0.316 e. The number of nitrogens with two attached hydrogens (primary N) is 1. The van der Waals surface area contributed by atoms with E-state index in [1.54, 1.807) is 12.1 Å². The highest BCUT2D eigenvalue weighted by molar-refractivity contribution is 9.10. The fraction of sp³-hybridized carbons (Fsp3) is 0.375. The van der Waals surface area contributed by atoms with Crippen molar-refractivity contribution in [1.29, 1.82) is 0 Å². The van der Waals surface area contributed by atoms with Crippen LogP contribution < -0.4 is 5.73 Å². The molecule has 1 fully saturated rings. The Kier molecular flexibility index (Phi) is 1.72. The molecular weight excluding hydrogens is 242 g/mol. The second-order valence-corrected chi connectivity index (χ2v) is 3.95. The van der Waals surface area contributed by atoms with Crippen molar-refractivity contribution >= 4 is 15.9 Å². The highest BCUT2D eigenvalue weighted by Gasteiger charge is 2.70. The predicted molar refractivity (Wildman–Crippen MR) is 47.4 cm³/mol. The van der Waals surface area contributed by atoms with E-state index in [0.717, 1.165) is 0 Å². The molecule has 2 rings (SSSR count). The lowest BCUT2D eigenvalue weighted by Crippen LogP contribution is -2.27. The monoisotopic (exact) mass is 248 g/mol. The summed E-state index contributed by atoms with van der Waals surface area (Å²) < 4.78 is 26.1. The van der Waals surface area contributed by atoms with Crippen LogP contribution in [-0.4, -0.2) is 10.9 Å². The van der Waals surface area contributed by atoms with Gasteiger partial charge < -0.3 is 5.73 Å². The van der Waals surface area contributed by atoms with Crippen LogP contribution in [0, 0.1) is 0 Å². The van der Waals surface area contributed by atoms with Gasteiger partial charge in [-0.1, -0.05) is 6.07 Å². The first-order valence-electron chi connectivity index (χ1n) is 3.75. The summed E-state index contributed by atoms with van der Waals surface area (Å²) in [5, 5.41) is 0. The molecular formula is C8H7BrF2N2. The fourth-order valence-electron chi connectivity index (χ4n) is 1.32. The van der Waals surface area contributed by atoms with E-state index in [0.29, 0.717) is 10.2 Å². The van der Waals surface area contributed by atoms with Crippen LogP contribution in [0.2, 0.25) is 0 Å². The lowest BCUT2D eigenvalue weighted by Gasteiger charge is -2.11. The van der Waals surface area contributed by atoms with E-state index in [-0.39, 0.29) is 6.42 Å². The Labute approximate surface area is 82.3 Å². The second-order valence-electron chi connectivity index (χ2n) is 3.19. The van der Waals surface area contributed by atoms with Crippen molar-refractivity contribution in [3.63, 3.8) is 0 Å². The van der Waals surface area contributed by atoms with Gasteiger partial charge in [-0.15, -0.1) is 0 Å². The van der Waals surface area contributed by atoms with Crippen molar-refractivity contribution in [2.75, 3.05) is 0 Å². The van der Waals surface area contributed by atoms with E-state index in [2.05, 4.69) is 20.9 Å². The molecule has 0 amide bonds. The summed E-state index contributed by atoms with van der Waals surface area (Å²) in [6, 6.07) is 3.17. The van der Waals surface area contributed by atoms with E-state index in [1.165, 1.54) is 6.20 Å². The number of halogens is 3.